The normalized spacial score (nSPS) is 8.75. The van der Waals surface area contributed by atoms with Crippen LogP contribution in [0.25, 0.3) is 0 Å². The Hall–Kier alpha value is -2.05. The second kappa shape index (κ2) is 5.15. The van der Waals surface area contributed by atoms with Gasteiger partial charge in [-0.2, -0.15) is 15.6 Å². The Morgan fingerprint density at radius 2 is 2.06 bits per heavy atom. The lowest BCUT2D eigenvalue weighted by Gasteiger charge is -2.07. The minimum Gasteiger partial charge on any atom is -0.506 e. The molecule has 0 unspecified atom stereocenters. The molecule has 0 fully saturated rings. The van der Waals surface area contributed by atoms with Gasteiger partial charge in [0.1, 0.15) is 23.6 Å². The summed E-state index contributed by atoms with van der Waals surface area (Å²) < 4.78 is 0.734. The molecule has 0 aliphatic carbocycles. The number of halogens is 1. The van der Waals surface area contributed by atoms with Crippen LogP contribution in [0.1, 0.15) is 5.56 Å². The second-order valence-electron chi connectivity index (χ2n) is 2.91. The van der Waals surface area contributed by atoms with Crippen molar-refractivity contribution >= 4 is 27.3 Å². The Labute approximate surface area is 101 Å². The van der Waals surface area contributed by atoms with Gasteiger partial charge < -0.3 is 5.11 Å². The highest BCUT2D eigenvalue weighted by atomic mass is 79.9. The topological polar surface area (TPSA) is 92.2 Å². The largest absolute Gasteiger partial charge is 0.506 e. The van der Waals surface area contributed by atoms with Gasteiger partial charge in [-0.3, -0.25) is 5.43 Å². The van der Waals surface area contributed by atoms with Crippen LogP contribution in [0.4, 0.5) is 5.69 Å². The number of rotatable bonds is 2. The van der Waals surface area contributed by atoms with Crippen molar-refractivity contribution in [1.82, 2.24) is 0 Å². The molecule has 0 heterocycles. The summed E-state index contributed by atoms with van der Waals surface area (Å²) in [7, 11) is 0. The average molecular weight is 279 g/mol. The summed E-state index contributed by atoms with van der Waals surface area (Å²) in [4.78, 5) is 0. The number of nitriles is 2. The standard InChI is InChI=1S/C10H7BrN4O/c1-6-2-7(11)3-9(16)10(6)15-14-8(4-12)5-13/h2-3,15-16H,1H3. The molecule has 0 saturated heterocycles. The Bertz CT molecular complexity index is 486. The van der Waals surface area contributed by atoms with E-state index in [9.17, 15) is 5.11 Å². The van der Waals surface area contributed by atoms with Crippen molar-refractivity contribution in [1.29, 1.82) is 10.5 Å². The van der Waals surface area contributed by atoms with Gasteiger partial charge in [-0.1, -0.05) is 15.9 Å². The third-order valence-corrected chi connectivity index (χ3v) is 2.23. The Morgan fingerprint density at radius 3 is 2.56 bits per heavy atom. The summed E-state index contributed by atoms with van der Waals surface area (Å²) in [6, 6.07) is 6.48. The van der Waals surface area contributed by atoms with E-state index < -0.39 is 0 Å². The predicted octanol–water partition coefficient (Wildman–Crippen LogP) is 2.28. The van der Waals surface area contributed by atoms with Gasteiger partial charge in [0.2, 0.25) is 5.71 Å². The molecule has 0 radical (unpaired) electrons. The van der Waals surface area contributed by atoms with Crippen molar-refractivity contribution in [3.05, 3.63) is 22.2 Å². The maximum absolute atomic E-state index is 9.60. The van der Waals surface area contributed by atoms with Crippen molar-refractivity contribution < 1.29 is 5.11 Å². The molecule has 16 heavy (non-hydrogen) atoms. The van der Waals surface area contributed by atoms with Crippen LogP contribution in [0, 0.1) is 29.6 Å². The highest BCUT2D eigenvalue weighted by molar-refractivity contribution is 9.10. The van der Waals surface area contributed by atoms with E-state index >= 15 is 0 Å². The van der Waals surface area contributed by atoms with Gasteiger partial charge in [0.05, 0.1) is 0 Å². The number of phenolic OH excluding ortho intramolecular Hbond substituents is 1. The molecular formula is C10H7BrN4O. The number of phenols is 1. The zero-order valence-electron chi connectivity index (χ0n) is 8.32. The summed E-state index contributed by atoms with van der Waals surface area (Å²) in [6.45, 7) is 1.76. The maximum Gasteiger partial charge on any atom is 0.237 e. The molecule has 5 nitrogen and oxygen atoms in total. The van der Waals surface area contributed by atoms with E-state index in [2.05, 4.69) is 26.5 Å². The van der Waals surface area contributed by atoms with E-state index in [1.807, 2.05) is 0 Å². The molecule has 0 aliphatic heterocycles. The van der Waals surface area contributed by atoms with E-state index in [0.29, 0.717) is 5.69 Å². The third-order valence-electron chi connectivity index (χ3n) is 1.77. The van der Waals surface area contributed by atoms with E-state index in [-0.39, 0.29) is 11.5 Å². The monoisotopic (exact) mass is 278 g/mol. The van der Waals surface area contributed by atoms with Crippen LogP contribution in [-0.4, -0.2) is 10.8 Å². The molecule has 0 saturated carbocycles. The summed E-state index contributed by atoms with van der Waals surface area (Å²) in [5, 5.41) is 30.1. The van der Waals surface area contributed by atoms with Crippen LogP contribution in [0.2, 0.25) is 0 Å². The molecule has 1 aromatic rings. The molecule has 1 rings (SSSR count). The fourth-order valence-electron chi connectivity index (χ4n) is 1.06. The highest BCUT2D eigenvalue weighted by Gasteiger charge is 2.06. The first kappa shape index (κ1) is 12.0. The molecule has 6 heteroatoms. The minimum atomic E-state index is -0.304. The lowest BCUT2D eigenvalue weighted by Crippen LogP contribution is -1.98. The van der Waals surface area contributed by atoms with Gasteiger partial charge in [-0.05, 0) is 24.6 Å². The lowest BCUT2D eigenvalue weighted by atomic mass is 10.2. The highest BCUT2D eigenvalue weighted by Crippen LogP contribution is 2.30. The first-order valence-corrected chi connectivity index (χ1v) is 5.00. The molecule has 0 spiro atoms. The summed E-state index contributed by atoms with van der Waals surface area (Å²) in [5.74, 6) is -0.00847. The molecule has 0 atom stereocenters. The van der Waals surface area contributed by atoms with Crippen LogP contribution >= 0.6 is 15.9 Å². The number of anilines is 1. The number of aromatic hydroxyl groups is 1. The van der Waals surface area contributed by atoms with Crippen molar-refractivity contribution in [3.8, 4) is 17.9 Å². The molecule has 1 aromatic carbocycles. The SMILES string of the molecule is Cc1cc(Br)cc(O)c1NN=C(C#N)C#N. The number of aryl methyl sites for hydroxylation is 1. The van der Waals surface area contributed by atoms with Gasteiger partial charge in [-0.15, -0.1) is 0 Å². The Kier molecular flexibility index (Phi) is 3.87. The lowest BCUT2D eigenvalue weighted by molar-refractivity contribution is 0.476. The number of hydrazone groups is 1. The fourth-order valence-corrected chi connectivity index (χ4v) is 1.62. The first-order valence-electron chi connectivity index (χ1n) is 4.21. The quantitative estimate of drug-likeness (QED) is 0.493. The van der Waals surface area contributed by atoms with Gasteiger partial charge in [0.15, 0.2) is 0 Å². The summed E-state index contributed by atoms with van der Waals surface area (Å²) in [5.41, 5.74) is 3.29. The van der Waals surface area contributed by atoms with Gasteiger partial charge in [0, 0.05) is 4.47 Å². The van der Waals surface area contributed by atoms with Crippen LogP contribution in [0.15, 0.2) is 21.7 Å². The smallest absolute Gasteiger partial charge is 0.237 e. The maximum atomic E-state index is 9.60. The first-order chi connectivity index (χ1) is 7.58. The molecule has 0 aromatic heterocycles. The average Bonchev–Trinajstić information content (AvgIpc) is 2.22. The molecule has 0 aliphatic rings. The van der Waals surface area contributed by atoms with Crippen LogP contribution in [0.3, 0.4) is 0 Å². The second-order valence-corrected chi connectivity index (χ2v) is 3.83. The van der Waals surface area contributed by atoms with Crippen LogP contribution in [-0.2, 0) is 0 Å². The third kappa shape index (κ3) is 2.72. The van der Waals surface area contributed by atoms with Crippen molar-refractivity contribution in [3.63, 3.8) is 0 Å². The van der Waals surface area contributed by atoms with Gasteiger partial charge >= 0.3 is 0 Å². The van der Waals surface area contributed by atoms with Crippen molar-refractivity contribution in [2.24, 2.45) is 5.10 Å². The molecule has 2 N–H and O–H groups in total. The number of hydrogen-bond donors (Lipinski definition) is 2. The molecular weight excluding hydrogens is 272 g/mol. The summed E-state index contributed by atoms with van der Waals surface area (Å²) >= 11 is 3.23. The van der Waals surface area contributed by atoms with E-state index in [4.69, 9.17) is 10.5 Å². The fraction of sp³-hybridized carbons (Fsp3) is 0.100. The van der Waals surface area contributed by atoms with Gasteiger partial charge in [0.25, 0.3) is 0 Å². The Morgan fingerprint density at radius 1 is 1.44 bits per heavy atom. The van der Waals surface area contributed by atoms with Crippen molar-refractivity contribution in [2.75, 3.05) is 5.43 Å². The summed E-state index contributed by atoms with van der Waals surface area (Å²) in [6.07, 6.45) is 0. The number of hydrogen-bond acceptors (Lipinski definition) is 5. The molecule has 0 amide bonds. The molecule has 80 valence electrons. The zero-order valence-corrected chi connectivity index (χ0v) is 9.91. The van der Waals surface area contributed by atoms with Crippen molar-refractivity contribution in [2.45, 2.75) is 6.92 Å². The van der Waals surface area contributed by atoms with E-state index in [0.717, 1.165) is 10.0 Å². The van der Waals surface area contributed by atoms with Crippen LogP contribution < -0.4 is 5.43 Å². The Balaban J connectivity index is 3.05. The molecule has 0 bridgehead atoms. The number of nitrogens with one attached hydrogen (secondary N) is 1. The van der Waals surface area contributed by atoms with Crippen LogP contribution in [0.5, 0.6) is 5.75 Å². The van der Waals surface area contributed by atoms with E-state index in [1.54, 1.807) is 25.1 Å². The predicted molar refractivity (Wildman–Crippen MR) is 62.8 cm³/mol. The zero-order chi connectivity index (χ0) is 12.1. The van der Waals surface area contributed by atoms with Gasteiger partial charge in [-0.25, -0.2) is 0 Å². The van der Waals surface area contributed by atoms with E-state index in [1.165, 1.54) is 6.07 Å². The minimum absolute atomic E-state index is 0.00847. The number of benzene rings is 1. The number of nitrogens with zero attached hydrogens (tertiary/aromatic N) is 3.